The van der Waals surface area contributed by atoms with Gasteiger partial charge in [0, 0.05) is 17.0 Å². The number of hydrogen-bond acceptors (Lipinski definition) is 3. The number of methoxy groups -OCH3 is 1. The van der Waals surface area contributed by atoms with Crippen molar-refractivity contribution >= 4 is 6.08 Å². The standard InChI is InChI=1S/C11H13N3O2/c1-16-11-7-9(3-2-6-13-14-12)4-5-10(11)8-15/h2-5,7,15H,6,8H2,1H3. The molecule has 0 saturated heterocycles. The SMILES string of the molecule is COc1cc(C=CCN=[N+]=[N-])ccc1CO. The Labute approximate surface area is 93.6 Å². The maximum atomic E-state index is 9.03. The molecule has 0 saturated carbocycles. The Hall–Kier alpha value is -1.97. The van der Waals surface area contributed by atoms with E-state index in [0.717, 1.165) is 11.1 Å². The lowest BCUT2D eigenvalue weighted by Gasteiger charge is -2.06. The molecular weight excluding hydrogens is 206 g/mol. The normalized spacial score (nSPS) is 10.1. The van der Waals surface area contributed by atoms with Crippen molar-refractivity contribution in [3.63, 3.8) is 0 Å². The molecule has 0 radical (unpaired) electrons. The number of benzene rings is 1. The molecule has 0 aliphatic carbocycles. The van der Waals surface area contributed by atoms with Crippen molar-refractivity contribution in [3.05, 3.63) is 45.8 Å². The minimum absolute atomic E-state index is 0.0497. The van der Waals surface area contributed by atoms with Gasteiger partial charge in [-0.2, -0.15) is 0 Å². The van der Waals surface area contributed by atoms with Crippen LogP contribution >= 0.6 is 0 Å². The average molecular weight is 219 g/mol. The number of hydrogen-bond donors (Lipinski definition) is 1. The second-order valence-electron chi connectivity index (χ2n) is 3.05. The molecule has 5 heteroatoms. The van der Waals surface area contributed by atoms with Crippen LogP contribution in [0.3, 0.4) is 0 Å². The molecule has 0 heterocycles. The van der Waals surface area contributed by atoms with E-state index in [-0.39, 0.29) is 6.61 Å². The topological polar surface area (TPSA) is 78.2 Å². The predicted molar refractivity (Wildman–Crippen MR) is 62.0 cm³/mol. The van der Waals surface area contributed by atoms with Gasteiger partial charge >= 0.3 is 0 Å². The lowest BCUT2D eigenvalue weighted by atomic mass is 10.1. The summed E-state index contributed by atoms with van der Waals surface area (Å²) < 4.78 is 5.13. The van der Waals surface area contributed by atoms with E-state index in [4.69, 9.17) is 15.4 Å². The molecule has 1 rings (SSSR count). The fourth-order valence-electron chi connectivity index (χ4n) is 1.27. The molecule has 16 heavy (non-hydrogen) atoms. The third kappa shape index (κ3) is 3.31. The van der Waals surface area contributed by atoms with Gasteiger partial charge in [0.25, 0.3) is 0 Å². The minimum Gasteiger partial charge on any atom is -0.496 e. The van der Waals surface area contributed by atoms with Crippen LogP contribution in [0.25, 0.3) is 16.5 Å². The predicted octanol–water partition coefficient (Wildman–Crippen LogP) is 2.51. The van der Waals surface area contributed by atoms with E-state index < -0.39 is 0 Å². The van der Waals surface area contributed by atoms with E-state index in [1.807, 2.05) is 18.2 Å². The first-order chi connectivity index (χ1) is 7.81. The summed E-state index contributed by atoms with van der Waals surface area (Å²) in [6, 6.07) is 5.48. The van der Waals surface area contributed by atoms with Crippen LogP contribution in [0.4, 0.5) is 0 Å². The summed E-state index contributed by atoms with van der Waals surface area (Å²) in [5.74, 6) is 0.647. The van der Waals surface area contributed by atoms with E-state index in [1.54, 1.807) is 19.3 Å². The van der Waals surface area contributed by atoms with Gasteiger partial charge in [0.1, 0.15) is 5.75 Å². The highest BCUT2D eigenvalue weighted by Gasteiger charge is 2.01. The van der Waals surface area contributed by atoms with Gasteiger partial charge in [-0.15, -0.1) is 0 Å². The Balaban J connectivity index is 2.82. The Kier molecular flexibility index (Phi) is 4.92. The highest BCUT2D eigenvalue weighted by atomic mass is 16.5. The Morgan fingerprint density at radius 2 is 2.38 bits per heavy atom. The van der Waals surface area contributed by atoms with Gasteiger partial charge in [-0.3, -0.25) is 0 Å². The Bertz CT molecular complexity index is 423. The Morgan fingerprint density at radius 1 is 1.56 bits per heavy atom. The molecule has 1 aromatic carbocycles. The van der Waals surface area contributed by atoms with E-state index in [9.17, 15) is 0 Å². The molecule has 0 aliphatic rings. The molecule has 1 aromatic rings. The van der Waals surface area contributed by atoms with Crippen molar-refractivity contribution < 1.29 is 9.84 Å². The van der Waals surface area contributed by atoms with Crippen LogP contribution < -0.4 is 4.74 Å². The molecule has 0 atom stereocenters. The summed E-state index contributed by atoms with van der Waals surface area (Å²) in [5.41, 5.74) is 9.77. The third-order valence-electron chi connectivity index (χ3n) is 2.04. The number of ether oxygens (including phenoxy) is 1. The zero-order chi connectivity index (χ0) is 11.8. The molecule has 1 N–H and O–H groups in total. The number of azide groups is 1. The second-order valence-corrected chi connectivity index (χ2v) is 3.05. The van der Waals surface area contributed by atoms with Crippen LogP contribution in [0.2, 0.25) is 0 Å². The molecule has 0 bridgehead atoms. The molecule has 0 spiro atoms. The highest BCUT2D eigenvalue weighted by Crippen LogP contribution is 2.20. The molecular formula is C11H13N3O2. The number of nitrogens with zero attached hydrogens (tertiary/aromatic N) is 3. The van der Waals surface area contributed by atoms with Crippen LogP contribution in [-0.4, -0.2) is 18.8 Å². The smallest absolute Gasteiger partial charge is 0.124 e. The quantitative estimate of drug-likeness (QED) is 0.469. The fourth-order valence-corrected chi connectivity index (χ4v) is 1.27. The van der Waals surface area contributed by atoms with Crippen molar-refractivity contribution in [3.8, 4) is 5.75 Å². The third-order valence-corrected chi connectivity index (χ3v) is 2.04. The van der Waals surface area contributed by atoms with Gasteiger partial charge in [-0.25, -0.2) is 0 Å². The van der Waals surface area contributed by atoms with Gasteiger partial charge in [-0.05, 0) is 17.2 Å². The number of aliphatic hydroxyl groups is 1. The molecule has 5 nitrogen and oxygen atoms in total. The van der Waals surface area contributed by atoms with Gasteiger partial charge in [-0.1, -0.05) is 29.4 Å². The maximum Gasteiger partial charge on any atom is 0.124 e. The van der Waals surface area contributed by atoms with Crippen molar-refractivity contribution in [1.29, 1.82) is 0 Å². The first-order valence-electron chi connectivity index (χ1n) is 4.77. The molecule has 0 unspecified atom stereocenters. The van der Waals surface area contributed by atoms with Crippen LogP contribution in [-0.2, 0) is 6.61 Å². The van der Waals surface area contributed by atoms with Crippen LogP contribution in [0.5, 0.6) is 5.75 Å². The molecule has 84 valence electrons. The number of aliphatic hydroxyl groups excluding tert-OH is 1. The van der Waals surface area contributed by atoms with Crippen molar-refractivity contribution in [2.45, 2.75) is 6.61 Å². The van der Waals surface area contributed by atoms with Crippen LogP contribution in [0.1, 0.15) is 11.1 Å². The van der Waals surface area contributed by atoms with E-state index in [0.29, 0.717) is 12.3 Å². The van der Waals surface area contributed by atoms with E-state index in [2.05, 4.69) is 10.0 Å². The van der Waals surface area contributed by atoms with Gasteiger partial charge in [0.05, 0.1) is 13.7 Å². The van der Waals surface area contributed by atoms with Crippen molar-refractivity contribution in [1.82, 2.24) is 0 Å². The summed E-state index contributed by atoms with van der Waals surface area (Å²) >= 11 is 0. The lowest BCUT2D eigenvalue weighted by Crippen LogP contribution is -1.92. The summed E-state index contributed by atoms with van der Waals surface area (Å²) in [5, 5.41) is 12.4. The first-order valence-corrected chi connectivity index (χ1v) is 4.77. The fraction of sp³-hybridized carbons (Fsp3) is 0.273. The molecule has 0 fully saturated rings. The van der Waals surface area contributed by atoms with Crippen molar-refractivity contribution in [2.75, 3.05) is 13.7 Å². The number of rotatable bonds is 5. The molecule has 0 amide bonds. The maximum absolute atomic E-state index is 9.03. The zero-order valence-corrected chi connectivity index (χ0v) is 9.00. The summed E-state index contributed by atoms with van der Waals surface area (Å²) in [4.78, 5) is 2.64. The van der Waals surface area contributed by atoms with Crippen LogP contribution in [0, 0.1) is 0 Å². The van der Waals surface area contributed by atoms with Gasteiger partial charge in [0.15, 0.2) is 0 Å². The van der Waals surface area contributed by atoms with E-state index >= 15 is 0 Å². The molecule has 0 aliphatic heterocycles. The first kappa shape index (κ1) is 12.1. The monoisotopic (exact) mass is 219 g/mol. The summed E-state index contributed by atoms with van der Waals surface area (Å²) in [7, 11) is 1.56. The largest absolute Gasteiger partial charge is 0.496 e. The minimum atomic E-state index is -0.0497. The Morgan fingerprint density at radius 3 is 3.00 bits per heavy atom. The lowest BCUT2D eigenvalue weighted by molar-refractivity contribution is 0.274. The second kappa shape index (κ2) is 6.50. The highest BCUT2D eigenvalue weighted by molar-refractivity contribution is 5.53. The van der Waals surface area contributed by atoms with Gasteiger partial charge < -0.3 is 9.84 Å². The van der Waals surface area contributed by atoms with Gasteiger partial charge in [0.2, 0.25) is 0 Å². The average Bonchev–Trinajstić information content (AvgIpc) is 2.34. The molecule has 0 aromatic heterocycles. The van der Waals surface area contributed by atoms with Crippen LogP contribution in [0.15, 0.2) is 29.4 Å². The summed E-state index contributed by atoms with van der Waals surface area (Å²) in [6.45, 7) is 0.270. The van der Waals surface area contributed by atoms with E-state index in [1.165, 1.54) is 0 Å². The zero-order valence-electron chi connectivity index (χ0n) is 9.00. The van der Waals surface area contributed by atoms with Crippen molar-refractivity contribution in [2.24, 2.45) is 5.11 Å². The summed E-state index contributed by atoms with van der Waals surface area (Å²) in [6.07, 6.45) is 3.59.